The van der Waals surface area contributed by atoms with Crippen molar-refractivity contribution in [2.45, 2.75) is 6.43 Å². The van der Waals surface area contributed by atoms with Gasteiger partial charge in [0.15, 0.2) is 0 Å². The lowest BCUT2D eigenvalue weighted by Crippen LogP contribution is -2.07. The minimum atomic E-state index is -2.97. The normalized spacial score (nSPS) is 10.3. The van der Waals surface area contributed by atoms with E-state index in [1.165, 1.54) is 7.11 Å². The molecule has 0 saturated heterocycles. The topological polar surface area (TPSA) is 72.3 Å². The lowest BCUT2D eigenvalue weighted by Gasteiger charge is -2.04. The molecule has 1 aromatic heterocycles. The predicted octanol–water partition coefficient (Wildman–Crippen LogP) is 1.12. The van der Waals surface area contributed by atoms with Crippen LogP contribution < -0.4 is 4.74 Å². The number of carboxylic acids is 1. The molecule has 7 heteroatoms. The molecule has 0 unspecified atom stereocenters. The lowest BCUT2D eigenvalue weighted by molar-refractivity contribution is 0.0681. The average Bonchev–Trinajstić information content (AvgIpc) is 2.16. The molecule has 0 aliphatic carbocycles. The maximum absolute atomic E-state index is 12.3. The maximum Gasteiger partial charge on any atom is 0.339 e. The van der Waals surface area contributed by atoms with Crippen molar-refractivity contribution in [3.63, 3.8) is 0 Å². The summed E-state index contributed by atoms with van der Waals surface area (Å²) in [7, 11) is 1.20. The van der Waals surface area contributed by atoms with Crippen LogP contribution in [0.4, 0.5) is 8.78 Å². The van der Waals surface area contributed by atoms with Gasteiger partial charge < -0.3 is 9.84 Å². The largest absolute Gasteiger partial charge is 0.478 e. The Morgan fingerprint density at radius 2 is 2.29 bits per heavy atom. The third-order valence-corrected chi connectivity index (χ3v) is 1.42. The summed E-state index contributed by atoms with van der Waals surface area (Å²) in [5, 5.41) is 8.52. The highest BCUT2D eigenvalue weighted by molar-refractivity contribution is 5.88. The smallest absolute Gasteiger partial charge is 0.339 e. The van der Waals surface area contributed by atoms with Crippen molar-refractivity contribution in [1.29, 1.82) is 0 Å². The van der Waals surface area contributed by atoms with Crippen molar-refractivity contribution < 1.29 is 23.4 Å². The van der Waals surface area contributed by atoms with Crippen molar-refractivity contribution in [3.05, 3.63) is 17.5 Å². The Hall–Kier alpha value is -1.79. The Bertz CT molecular complexity index is 357. The van der Waals surface area contributed by atoms with Gasteiger partial charge in [-0.05, 0) is 0 Å². The molecule has 0 aliphatic rings. The van der Waals surface area contributed by atoms with E-state index in [-0.39, 0.29) is 6.01 Å². The van der Waals surface area contributed by atoms with E-state index in [2.05, 4.69) is 14.7 Å². The van der Waals surface area contributed by atoms with E-state index in [1.807, 2.05) is 0 Å². The van der Waals surface area contributed by atoms with Crippen LogP contribution in [-0.2, 0) is 0 Å². The second kappa shape index (κ2) is 3.95. The zero-order valence-corrected chi connectivity index (χ0v) is 7.07. The van der Waals surface area contributed by atoms with E-state index in [1.54, 1.807) is 0 Å². The van der Waals surface area contributed by atoms with Crippen LogP contribution in [0.1, 0.15) is 22.5 Å². The molecule has 14 heavy (non-hydrogen) atoms. The van der Waals surface area contributed by atoms with Gasteiger partial charge in [0.25, 0.3) is 6.43 Å². The first-order valence-corrected chi connectivity index (χ1v) is 3.48. The Morgan fingerprint density at radius 3 is 2.71 bits per heavy atom. The van der Waals surface area contributed by atoms with Gasteiger partial charge in [-0.1, -0.05) is 0 Å². The number of aromatic nitrogens is 2. The first kappa shape index (κ1) is 10.3. The fourth-order valence-corrected chi connectivity index (χ4v) is 0.808. The summed E-state index contributed by atoms with van der Waals surface area (Å²) >= 11 is 0. The monoisotopic (exact) mass is 204 g/mol. The summed E-state index contributed by atoms with van der Waals surface area (Å²) in [6, 6.07) is -0.287. The van der Waals surface area contributed by atoms with Crippen LogP contribution >= 0.6 is 0 Å². The second-order valence-corrected chi connectivity index (χ2v) is 2.26. The number of aromatic carboxylic acids is 1. The number of ether oxygens (including phenoxy) is 1. The highest BCUT2D eigenvalue weighted by atomic mass is 19.3. The lowest BCUT2D eigenvalue weighted by atomic mass is 10.2. The Morgan fingerprint density at radius 1 is 1.64 bits per heavy atom. The number of nitrogens with zero attached hydrogens (tertiary/aromatic N) is 2. The molecule has 0 bridgehead atoms. The van der Waals surface area contributed by atoms with Crippen molar-refractivity contribution in [3.8, 4) is 6.01 Å². The van der Waals surface area contributed by atoms with Crippen LogP contribution in [0.3, 0.4) is 0 Å². The summed E-state index contributed by atoms with van der Waals surface area (Å²) in [4.78, 5) is 17.1. The number of halogens is 2. The van der Waals surface area contributed by atoms with Gasteiger partial charge in [0.2, 0.25) is 0 Å². The van der Waals surface area contributed by atoms with E-state index in [0.717, 1.165) is 6.20 Å². The SMILES string of the molecule is COc1ncc(C(=O)O)c(C(F)F)n1. The van der Waals surface area contributed by atoms with E-state index in [0.29, 0.717) is 0 Å². The third kappa shape index (κ3) is 1.93. The number of hydrogen-bond acceptors (Lipinski definition) is 4. The van der Waals surface area contributed by atoms with Gasteiger partial charge in [0, 0.05) is 6.20 Å². The Balaban J connectivity index is 3.24. The zero-order chi connectivity index (χ0) is 10.7. The van der Waals surface area contributed by atoms with Gasteiger partial charge >= 0.3 is 12.0 Å². The molecule has 0 fully saturated rings. The number of methoxy groups -OCH3 is 1. The predicted molar refractivity (Wildman–Crippen MR) is 40.5 cm³/mol. The van der Waals surface area contributed by atoms with Gasteiger partial charge in [-0.25, -0.2) is 18.6 Å². The first-order valence-electron chi connectivity index (χ1n) is 3.48. The van der Waals surface area contributed by atoms with Gasteiger partial charge in [0.1, 0.15) is 11.3 Å². The molecule has 1 rings (SSSR count). The van der Waals surface area contributed by atoms with Gasteiger partial charge in [-0.2, -0.15) is 4.98 Å². The summed E-state index contributed by atoms with van der Waals surface area (Å²) in [6.07, 6.45) is -2.19. The molecule has 0 spiro atoms. The van der Waals surface area contributed by atoms with E-state index in [4.69, 9.17) is 5.11 Å². The van der Waals surface area contributed by atoms with Crippen molar-refractivity contribution in [1.82, 2.24) is 9.97 Å². The summed E-state index contributed by atoms with van der Waals surface area (Å²) in [5.41, 5.74) is -1.47. The molecule has 0 saturated carbocycles. The quantitative estimate of drug-likeness (QED) is 0.798. The number of rotatable bonds is 3. The van der Waals surface area contributed by atoms with Crippen molar-refractivity contribution in [2.75, 3.05) is 7.11 Å². The highest BCUT2D eigenvalue weighted by Crippen LogP contribution is 2.21. The Labute approximate surface area is 77.4 Å². The first-order chi connectivity index (χ1) is 6.56. The van der Waals surface area contributed by atoms with Gasteiger partial charge in [-0.3, -0.25) is 0 Å². The molecule has 76 valence electrons. The van der Waals surface area contributed by atoms with Crippen LogP contribution in [0.5, 0.6) is 6.01 Å². The molecule has 0 radical (unpaired) electrons. The maximum atomic E-state index is 12.3. The fraction of sp³-hybridized carbons (Fsp3) is 0.286. The fourth-order valence-electron chi connectivity index (χ4n) is 0.808. The molecule has 0 aliphatic heterocycles. The van der Waals surface area contributed by atoms with E-state index < -0.39 is 23.7 Å². The summed E-state index contributed by atoms with van der Waals surface area (Å²) in [6.45, 7) is 0. The third-order valence-electron chi connectivity index (χ3n) is 1.42. The minimum Gasteiger partial charge on any atom is -0.478 e. The highest BCUT2D eigenvalue weighted by Gasteiger charge is 2.21. The second-order valence-electron chi connectivity index (χ2n) is 2.26. The molecule has 1 aromatic rings. The van der Waals surface area contributed by atoms with Crippen LogP contribution in [0.25, 0.3) is 0 Å². The van der Waals surface area contributed by atoms with Crippen LogP contribution in [0.15, 0.2) is 6.20 Å². The molecule has 0 atom stereocenters. The molecule has 1 heterocycles. The molecule has 0 aromatic carbocycles. The van der Waals surface area contributed by atoms with Crippen LogP contribution in [0, 0.1) is 0 Å². The molecular weight excluding hydrogens is 198 g/mol. The van der Waals surface area contributed by atoms with Gasteiger partial charge in [0.05, 0.1) is 7.11 Å². The molecule has 0 amide bonds. The molecule has 5 nitrogen and oxygen atoms in total. The van der Waals surface area contributed by atoms with Crippen LogP contribution in [-0.4, -0.2) is 28.2 Å². The molecule has 1 N–H and O–H groups in total. The molecular formula is C7H6F2N2O3. The summed E-state index contributed by atoms with van der Waals surface area (Å²) in [5.74, 6) is -1.50. The standard InChI is InChI=1S/C7H6F2N2O3/c1-14-7-10-2-3(6(12)13)4(11-7)5(8)9/h2,5H,1H3,(H,12,13). The minimum absolute atomic E-state index is 0.287. The van der Waals surface area contributed by atoms with Gasteiger partial charge in [-0.15, -0.1) is 0 Å². The number of alkyl halides is 2. The van der Waals surface area contributed by atoms with Crippen molar-refractivity contribution in [2.24, 2.45) is 0 Å². The van der Waals surface area contributed by atoms with Crippen molar-refractivity contribution >= 4 is 5.97 Å². The van der Waals surface area contributed by atoms with E-state index in [9.17, 15) is 13.6 Å². The number of carbonyl (C=O) groups is 1. The summed E-state index contributed by atoms with van der Waals surface area (Å²) < 4.78 is 29.1. The average molecular weight is 204 g/mol. The van der Waals surface area contributed by atoms with Crippen LogP contribution in [0.2, 0.25) is 0 Å². The Kier molecular flexibility index (Phi) is 2.90. The number of carboxylic acid groups (broad SMARTS) is 1. The van der Waals surface area contributed by atoms with E-state index >= 15 is 0 Å². The zero-order valence-electron chi connectivity index (χ0n) is 7.07. The number of hydrogen-bond donors (Lipinski definition) is 1.